The molecule has 1 N–H and O–H groups in total. The first-order valence-corrected chi connectivity index (χ1v) is 7.03. The van der Waals surface area contributed by atoms with Gasteiger partial charge in [-0.2, -0.15) is 11.8 Å². The maximum Gasteiger partial charge on any atom is 0.123 e. The molecule has 1 saturated heterocycles. The Labute approximate surface area is 106 Å². The van der Waals surface area contributed by atoms with Crippen molar-refractivity contribution in [2.45, 2.75) is 18.6 Å². The zero-order valence-electron chi connectivity index (χ0n) is 9.97. The van der Waals surface area contributed by atoms with E-state index in [1.165, 1.54) is 12.1 Å². The van der Waals surface area contributed by atoms with Gasteiger partial charge < -0.3 is 5.11 Å². The summed E-state index contributed by atoms with van der Waals surface area (Å²) < 4.78 is 13.0. The van der Waals surface area contributed by atoms with Gasteiger partial charge in [-0.1, -0.05) is 12.1 Å². The number of halogens is 1. The highest BCUT2D eigenvalue weighted by molar-refractivity contribution is 7.99. The summed E-state index contributed by atoms with van der Waals surface area (Å²) in [4.78, 5) is 2.19. The minimum Gasteiger partial charge on any atom is -0.391 e. The molecule has 1 fully saturated rings. The van der Waals surface area contributed by atoms with Crippen molar-refractivity contribution < 1.29 is 9.50 Å². The molecule has 2 unspecified atom stereocenters. The maximum atomic E-state index is 13.0. The highest BCUT2D eigenvalue weighted by Crippen LogP contribution is 2.19. The van der Waals surface area contributed by atoms with Gasteiger partial charge in [-0.3, -0.25) is 4.90 Å². The third kappa shape index (κ3) is 3.44. The first-order valence-electron chi connectivity index (χ1n) is 5.87. The fourth-order valence-electron chi connectivity index (χ4n) is 2.15. The Morgan fingerprint density at radius 1 is 1.59 bits per heavy atom. The number of nitrogens with zero attached hydrogens (tertiary/aromatic N) is 1. The third-order valence-electron chi connectivity index (χ3n) is 3.22. The zero-order chi connectivity index (χ0) is 12.3. The number of benzene rings is 1. The number of hydrogen-bond donors (Lipinski definition) is 1. The van der Waals surface area contributed by atoms with E-state index >= 15 is 0 Å². The van der Waals surface area contributed by atoms with E-state index in [2.05, 4.69) is 4.90 Å². The molecule has 0 radical (unpaired) electrons. The molecule has 1 aliphatic heterocycles. The molecule has 2 nitrogen and oxygen atoms in total. The van der Waals surface area contributed by atoms with Gasteiger partial charge in [-0.05, 0) is 24.7 Å². The largest absolute Gasteiger partial charge is 0.391 e. The molecule has 0 aliphatic carbocycles. The molecule has 4 heteroatoms. The molecule has 0 amide bonds. The standard InChI is InChI=1S/C13H18FNOS/c1-15-5-6-17-9-12(15)13(16)8-10-3-2-4-11(14)7-10/h2-4,7,12-13,16H,5-6,8-9H2,1H3. The van der Waals surface area contributed by atoms with Gasteiger partial charge in [0, 0.05) is 30.5 Å². The van der Waals surface area contributed by atoms with E-state index in [0.29, 0.717) is 6.42 Å². The second kappa shape index (κ2) is 5.85. The first-order chi connectivity index (χ1) is 8.16. The van der Waals surface area contributed by atoms with Gasteiger partial charge in [-0.25, -0.2) is 4.39 Å². The van der Waals surface area contributed by atoms with Crippen molar-refractivity contribution in [3.05, 3.63) is 35.6 Å². The van der Waals surface area contributed by atoms with E-state index in [1.54, 1.807) is 6.07 Å². The van der Waals surface area contributed by atoms with Crippen molar-refractivity contribution in [3.8, 4) is 0 Å². The lowest BCUT2D eigenvalue weighted by Crippen LogP contribution is -2.47. The Morgan fingerprint density at radius 2 is 2.41 bits per heavy atom. The van der Waals surface area contributed by atoms with Crippen LogP contribution < -0.4 is 0 Å². The third-order valence-corrected chi connectivity index (χ3v) is 4.27. The molecule has 94 valence electrons. The van der Waals surface area contributed by atoms with E-state index in [1.807, 2.05) is 24.9 Å². The predicted octanol–water partition coefficient (Wildman–Crippen LogP) is 1.78. The molecule has 1 aromatic carbocycles. The number of aliphatic hydroxyl groups excluding tert-OH is 1. The summed E-state index contributed by atoms with van der Waals surface area (Å²) in [5, 5.41) is 10.2. The molecule has 2 rings (SSSR count). The second-order valence-electron chi connectivity index (χ2n) is 4.52. The number of rotatable bonds is 3. The van der Waals surface area contributed by atoms with Gasteiger partial charge in [0.1, 0.15) is 5.82 Å². The van der Waals surface area contributed by atoms with Crippen LogP contribution in [0.2, 0.25) is 0 Å². The minimum atomic E-state index is -0.422. The Hall–Kier alpha value is -0.580. The van der Waals surface area contributed by atoms with E-state index in [9.17, 15) is 9.50 Å². The molecule has 1 heterocycles. The number of likely N-dealkylation sites (N-methyl/N-ethyl adjacent to an activating group) is 1. The Kier molecular flexibility index (Phi) is 4.42. The quantitative estimate of drug-likeness (QED) is 0.890. The average Bonchev–Trinajstić information content (AvgIpc) is 2.29. The van der Waals surface area contributed by atoms with Gasteiger partial charge in [0.25, 0.3) is 0 Å². The molecular formula is C13H18FNOS. The van der Waals surface area contributed by atoms with Crippen LogP contribution in [0.1, 0.15) is 5.56 Å². The molecule has 0 bridgehead atoms. The van der Waals surface area contributed by atoms with Gasteiger partial charge in [0.05, 0.1) is 6.10 Å². The van der Waals surface area contributed by atoms with E-state index in [4.69, 9.17) is 0 Å². The fourth-order valence-corrected chi connectivity index (χ4v) is 3.45. The lowest BCUT2D eigenvalue weighted by Gasteiger charge is -2.35. The summed E-state index contributed by atoms with van der Waals surface area (Å²) in [6.07, 6.45) is 0.0995. The lowest BCUT2D eigenvalue weighted by atomic mass is 10.0. The molecule has 1 aliphatic rings. The van der Waals surface area contributed by atoms with Crippen LogP contribution >= 0.6 is 11.8 Å². The smallest absolute Gasteiger partial charge is 0.123 e. The summed E-state index contributed by atoms with van der Waals surface area (Å²) in [6, 6.07) is 6.66. The number of hydrogen-bond acceptors (Lipinski definition) is 3. The first kappa shape index (κ1) is 12.9. The summed E-state index contributed by atoms with van der Waals surface area (Å²) in [6.45, 7) is 1.01. The Morgan fingerprint density at radius 3 is 3.12 bits per heavy atom. The molecule has 1 aromatic rings. The van der Waals surface area contributed by atoms with Crippen LogP contribution in [0.3, 0.4) is 0 Å². The van der Waals surface area contributed by atoms with Crippen molar-refractivity contribution in [1.82, 2.24) is 4.90 Å². The molecular weight excluding hydrogens is 237 g/mol. The predicted molar refractivity (Wildman–Crippen MR) is 69.9 cm³/mol. The van der Waals surface area contributed by atoms with E-state index in [-0.39, 0.29) is 11.9 Å². The minimum absolute atomic E-state index is 0.178. The van der Waals surface area contributed by atoms with Gasteiger partial charge in [0.15, 0.2) is 0 Å². The van der Waals surface area contributed by atoms with Crippen molar-refractivity contribution in [2.24, 2.45) is 0 Å². The van der Waals surface area contributed by atoms with Crippen LogP contribution in [-0.4, -0.2) is 47.3 Å². The monoisotopic (exact) mass is 255 g/mol. The van der Waals surface area contributed by atoms with Crippen molar-refractivity contribution in [3.63, 3.8) is 0 Å². The van der Waals surface area contributed by atoms with Crippen LogP contribution in [0.25, 0.3) is 0 Å². The number of aliphatic hydroxyl groups is 1. The number of thioether (sulfide) groups is 1. The van der Waals surface area contributed by atoms with Crippen LogP contribution in [0.4, 0.5) is 4.39 Å². The summed E-state index contributed by atoms with van der Waals surface area (Å²) in [7, 11) is 2.04. The molecule has 17 heavy (non-hydrogen) atoms. The second-order valence-corrected chi connectivity index (χ2v) is 5.67. The summed E-state index contributed by atoms with van der Waals surface area (Å²) >= 11 is 1.87. The topological polar surface area (TPSA) is 23.5 Å². The van der Waals surface area contributed by atoms with Crippen LogP contribution in [0.15, 0.2) is 24.3 Å². The van der Waals surface area contributed by atoms with Crippen LogP contribution in [0, 0.1) is 5.82 Å². The average molecular weight is 255 g/mol. The van der Waals surface area contributed by atoms with Gasteiger partial charge >= 0.3 is 0 Å². The van der Waals surface area contributed by atoms with Crippen molar-refractivity contribution in [1.29, 1.82) is 0 Å². The normalized spacial score (nSPS) is 23.6. The SMILES string of the molecule is CN1CCSCC1C(O)Cc1cccc(F)c1. The van der Waals surface area contributed by atoms with Crippen LogP contribution in [0.5, 0.6) is 0 Å². The molecule has 0 saturated carbocycles. The van der Waals surface area contributed by atoms with Gasteiger partial charge in [-0.15, -0.1) is 0 Å². The van der Waals surface area contributed by atoms with Crippen molar-refractivity contribution in [2.75, 3.05) is 25.1 Å². The molecule has 0 spiro atoms. The van der Waals surface area contributed by atoms with Crippen molar-refractivity contribution >= 4 is 11.8 Å². The Bertz CT molecular complexity index is 374. The molecule has 2 atom stereocenters. The summed E-state index contributed by atoms with van der Waals surface area (Å²) in [5.41, 5.74) is 0.862. The Balaban J connectivity index is 1.98. The summed E-state index contributed by atoms with van der Waals surface area (Å²) in [5.74, 6) is 1.84. The van der Waals surface area contributed by atoms with Crippen LogP contribution in [-0.2, 0) is 6.42 Å². The highest BCUT2D eigenvalue weighted by atomic mass is 32.2. The maximum absolute atomic E-state index is 13.0. The zero-order valence-corrected chi connectivity index (χ0v) is 10.8. The van der Waals surface area contributed by atoms with E-state index < -0.39 is 6.10 Å². The molecule has 0 aromatic heterocycles. The van der Waals surface area contributed by atoms with E-state index in [0.717, 1.165) is 23.6 Å². The lowest BCUT2D eigenvalue weighted by molar-refractivity contribution is 0.0763. The van der Waals surface area contributed by atoms with Gasteiger partial charge in [0.2, 0.25) is 0 Å². The fraction of sp³-hybridized carbons (Fsp3) is 0.538. The highest BCUT2D eigenvalue weighted by Gasteiger charge is 2.26.